The van der Waals surface area contributed by atoms with Crippen molar-refractivity contribution in [3.63, 3.8) is 0 Å². The summed E-state index contributed by atoms with van der Waals surface area (Å²) in [7, 11) is 1.56. The molecule has 15 heavy (non-hydrogen) atoms. The molecule has 0 aliphatic heterocycles. The Labute approximate surface area is 93.6 Å². The molecule has 0 unspecified atom stereocenters. The molecule has 5 heteroatoms. The summed E-state index contributed by atoms with van der Waals surface area (Å²) in [6.07, 6.45) is 1.46. The Kier molecular flexibility index (Phi) is 4.24. The fraction of sp³-hybridized carbons (Fsp3) is 0.300. The monoisotopic (exact) mass is 228 g/mol. The van der Waals surface area contributed by atoms with Crippen LogP contribution in [0.25, 0.3) is 0 Å². The number of halogens is 1. The summed E-state index contributed by atoms with van der Waals surface area (Å²) in [4.78, 5) is 0. The van der Waals surface area contributed by atoms with E-state index in [1.54, 1.807) is 19.2 Å². The molecule has 0 amide bonds. The molecule has 0 aliphatic rings. The molecule has 4 nitrogen and oxygen atoms in total. The number of benzene rings is 1. The van der Waals surface area contributed by atoms with E-state index in [9.17, 15) is 0 Å². The number of ether oxygens (including phenoxy) is 2. The van der Waals surface area contributed by atoms with Crippen molar-refractivity contribution in [2.24, 2.45) is 10.9 Å². The maximum absolute atomic E-state index is 5.99. The molecule has 0 atom stereocenters. The van der Waals surface area contributed by atoms with E-state index in [2.05, 4.69) is 5.10 Å². The summed E-state index contributed by atoms with van der Waals surface area (Å²) in [6, 6.07) is 3.41. The predicted octanol–water partition coefficient (Wildman–Crippen LogP) is 2.04. The van der Waals surface area contributed by atoms with Crippen molar-refractivity contribution in [1.82, 2.24) is 0 Å². The van der Waals surface area contributed by atoms with Crippen molar-refractivity contribution in [3.05, 3.63) is 22.7 Å². The van der Waals surface area contributed by atoms with Crippen molar-refractivity contribution in [3.8, 4) is 11.5 Å². The van der Waals surface area contributed by atoms with Gasteiger partial charge in [-0.3, -0.25) is 0 Å². The third-order valence-corrected chi connectivity index (χ3v) is 2.12. The molecule has 82 valence electrons. The van der Waals surface area contributed by atoms with Crippen LogP contribution in [-0.4, -0.2) is 19.9 Å². The van der Waals surface area contributed by atoms with Gasteiger partial charge in [0.1, 0.15) is 0 Å². The van der Waals surface area contributed by atoms with Gasteiger partial charge in [-0.15, -0.1) is 0 Å². The Morgan fingerprint density at radius 3 is 2.73 bits per heavy atom. The smallest absolute Gasteiger partial charge is 0.162 e. The van der Waals surface area contributed by atoms with Crippen LogP contribution >= 0.6 is 11.6 Å². The number of hydrazone groups is 1. The second-order valence-electron chi connectivity index (χ2n) is 2.74. The zero-order valence-corrected chi connectivity index (χ0v) is 9.41. The minimum atomic E-state index is 0.522. The van der Waals surface area contributed by atoms with Gasteiger partial charge in [0.2, 0.25) is 0 Å². The number of nitrogens with zero attached hydrogens (tertiary/aromatic N) is 1. The molecule has 0 heterocycles. The van der Waals surface area contributed by atoms with E-state index in [1.165, 1.54) is 6.21 Å². The summed E-state index contributed by atoms with van der Waals surface area (Å²) in [6.45, 7) is 2.44. The van der Waals surface area contributed by atoms with Gasteiger partial charge in [0.05, 0.1) is 25.0 Å². The van der Waals surface area contributed by atoms with Gasteiger partial charge in [0, 0.05) is 11.6 Å². The highest BCUT2D eigenvalue weighted by atomic mass is 35.5. The molecule has 0 aliphatic carbocycles. The van der Waals surface area contributed by atoms with Crippen molar-refractivity contribution in [2.45, 2.75) is 6.92 Å². The van der Waals surface area contributed by atoms with E-state index >= 15 is 0 Å². The molecular formula is C10H13ClN2O2. The SMILES string of the molecule is CCOc1cc(Cl)c(C=NN)cc1OC. The first-order valence-corrected chi connectivity index (χ1v) is 4.84. The van der Waals surface area contributed by atoms with Gasteiger partial charge in [0.15, 0.2) is 11.5 Å². The van der Waals surface area contributed by atoms with Crippen molar-refractivity contribution in [2.75, 3.05) is 13.7 Å². The lowest BCUT2D eigenvalue weighted by atomic mass is 10.2. The lowest BCUT2D eigenvalue weighted by Gasteiger charge is -2.10. The number of rotatable bonds is 4. The Hall–Kier alpha value is -1.42. The summed E-state index contributed by atoms with van der Waals surface area (Å²) in [5.41, 5.74) is 0.694. The van der Waals surface area contributed by atoms with Crippen LogP contribution in [0.2, 0.25) is 5.02 Å². The summed E-state index contributed by atoms with van der Waals surface area (Å²) in [5.74, 6) is 6.27. The van der Waals surface area contributed by atoms with E-state index in [0.29, 0.717) is 28.7 Å². The highest BCUT2D eigenvalue weighted by Crippen LogP contribution is 2.32. The second-order valence-corrected chi connectivity index (χ2v) is 3.14. The first kappa shape index (κ1) is 11.7. The molecule has 1 rings (SSSR count). The van der Waals surface area contributed by atoms with Gasteiger partial charge in [-0.1, -0.05) is 11.6 Å². The van der Waals surface area contributed by atoms with Crippen molar-refractivity contribution < 1.29 is 9.47 Å². The molecular weight excluding hydrogens is 216 g/mol. The molecule has 0 spiro atoms. The van der Waals surface area contributed by atoms with E-state index in [1.807, 2.05) is 6.92 Å². The average Bonchev–Trinajstić information content (AvgIpc) is 2.22. The predicted molar refractivity (Wildman–Crippen MR) is 61.0 cm³/mol. The van der Waals surface area contributed by atoms with Gasteiger partial charge < -0.3 is 15.3 Å². The Bertz CT molecular complexity index is 367. The fourth-order valence-corrected chi connectivity index (χ4v) is 1.36. The topological polar surface area (TPSA) is 56.8 Å². The van der Waals surface area contributed by atoms with Crippen LogP contribution < -0.4 is 15.3 Å². The summed E-state index contributed by atoms with van der Waals surface area (Å²) >= 11 is 5.99. The van der Waals surface area contributed by atoms with Crippen molar-refractivity contribution in [1.29, 1.82) is 0 Å². The quantitative estimate of drug-likeness (QED) is 0.488. The number of nitrogens with two attached hydrogens (primary N) is 1. The van der Waals surface area contributed by atoms with E-state index in [0.717, 1.165) is 0 Å². The third kappa shape index (κ3) is 2.76. The Morgan fingerprint density at radius 2 is 2.20 bits per heavy atom. The largest absolute Gasteiger partial charge is 0.493 e. The van der Waals surface area contributed by atoms with Crippen LogP contribution in [0.15, 0.2) is 17.2 Å². The minimum absolute atomic E-state index is 0.522. The van der Waals surface area contributed by atoms with E-state index in [-0.39, 0.29) is 0 Å². The molecule has 0 aromatic heterocycles. The number of hydrogen-bond acceptors (Lipinski definition) is 4. The lowest BCUT2D eigenvalue weighted by molar-refractivity contribution is 0.311. The van der Waals surface area contributed by atoms with E-state index < -0.39 is 0 Å². The zero-order valence-electron chi connectivity index (χ0n) is 8.66. The highest BCUT2D eigenvalue weighted by Gasteiger charge is 2.08. The number of methoxy groups -OCH3 is 1. The fourth-order valence-electron chi connectivity index (χ4n) is 1.16. The van der Waals surface area contributed by atoms with Gasteiger partial charge in [0.25, 0.3) is 0 Å². The molecule has 1 aromatic rings. The van der Waals surface area contributed by atoms with Crippen LogP contribution in [0.5, 0.6) is 11.5 Å². The highest BCUT2D eigenvalue weighted by molar-refractivity contribution is 6.33. The van der Waals surface area contributed by atoms with Gasteiger partial charge in [-0.2, -0.15) is 5.10 Å². The molecule has 0 saturated heterocycles. The average molecular weight is 229 g/mol. The van der Waals surface area contributed by atoms with Crippen molar-refractivity contribution >= 4 is 17.8 Å². The maximum atomic E-state index is 5.99. The van der Waals surface area contributed by atoms with Crippen LogP contribution in [0.1, 0.15) is 12.5 Å². The molecule has 0 bridgehead atoms. The standard InChI is InChI=1S/C10H13ClN2O2/c1-3-15-10-5-8(11)7(6-13-12)4-9(10)14-2/h4-6H,3,12H2,1-2H3. The maximum Gasteiger partial charge on any atom is 0.162 e. The Morgan fingerprint density at radius 1 is 1.47 bits per heavy atom. The molecule has 0 fully saturated rings. The second kappa shape index (κ2) is 5.46. The molecule has 0 saturated carbocycles. The van der Waals surface area contributed by atoms with Crippen LogP contribution in [-0.2, 0) is 0 Å². The molecule has 0 radical (unpaired) electrons. The van der Waals surface area contributed by atoms with Gasteiger partial charge >= 0.3 is 0 Å². The lowest BCUT2D eigenvalue weighted by Crippen LogP contribution is -1.97. The molecule has 1 aromatic carbocycles. The normalized spacial score (nSPS) is 10.6. The number of hydrogen-bond donors (Lipinski definition) is 1. The Balaban J connectivity index is 3.16. The summed E-state index contributed by atoms with van der Waals surface area (Å²) < 4.78 is 10.5. The molecule has 2 N–H and O–H groups in total. The van der Waals surface area contributed by atoms with E-state index in [4.69, 9.17) is 26.9 Å². The van der Waals surface area contributed by atoms with Crippen LogP contribution in [0, 0.1) is 0 Å². The van der Waals surface area contributed by atoms with Gasteiger partial charge in [-0.05, 0) is 13.0 Å². The van der Waals surface area contributed by atoms with Gasteiger partial charge in [-0.25, -0.2) is 0 Å². The van der Waals surface area contributed by atoms with Crippen LogP contribution in [0.3, 0.4) is 0 Å². The summed E-state index contributed by atoms with van der Waals surface area (Å²) in [5, 5.41) is 3.93. The third-order valence-electron chi connectivity index (χ3n) is 1.80. The first-order valence-electron chi connectivity index (χ1n) is 4.46. The first-order chi connectivity index (χ1) is 7.22. The minimum Gasteiger partial charge on any atom is -0.493 e. The zero-order chi connectivity index (χ0) is 11.3. The van der Waals surface area contributed by atoms with Crippen LogP contribution in [0.4, 0.5) is 0 Å².